The van der Waals surface area contributed by atoms with Crippen LogP contribution in [0, 0.1) is 10.8 Å². The summed E-state index contributed by atoms with van der Waals surface area (Å²) in [4.78, 5) is 30.0. The predicted molar refractivity (Wildman–Crippen MR) is 166 cm³/mol. The fourth-order valence-corrected chi connectivity index (χ4v) is 7.75. The number of ether oxygens (including phenoxy) is 1. The Morgan fingerprint density at radius 2 is 1.49 bits per heavy atom. The predicted octanol–water partition coefficient (Wildman–Crippen LogP) is 6.90. The van der Waals surface area contributed by atoms with Crippen molar-refractivity contribution < 1.29 is 26.9 Å². The first-order valence-corrected chi connectivity index (χ1v) is 16.2. The van der Waals surface area contributed by atoms with Crippen molar-refractivity contribution in [2.45, 2.75) is 77.5 Å². The van der Waals surface area contributed by atoms with Crippen molar-refractivity contribution in [1.82, 2.24) is 4.90 Å². The summed E-state index contributed by atoms with van der Waals surface area (Å²) >= 11 is 0. The average Bonchev–Trinajstić information content (AvgIpc) is 2.91. The van der Waals surface area contributed by atoms with Crippen LogP contribution < -0.4 is 8.92 Å². The number of nitrogens with zero attached hydrogens (tertiary/aromatic N) is 1. The Hall–Kier alpha value is -3.65. The molecule has 3 aliphatic rings. The van der Waals surface area contributed by atoms with Crippen molar-refractivity contribution in [1.29, 1.82) is 0 Å². The molecule has 0 saturated heterocycles. The number of allylic oxidation sites excluding steroid dienone is 5. The van der Waals surface area contributed by atoms with Gasteiger partial charge in [0.1, 0.15) is 4.90 Å². The summed E-state index contributed by atoms with van der Waals surface area (Å²) in [6, 6.07) is 11.6. The van der Waals surface area contributed by atoms with Crippen LogP contribution in [-0.2, 0) is 26.1 Å². The lowest BCUT2D eigenvalue weighted by atomic mass is 9.63. The summed E-state index contributed by atoms with van der Waals surface area (Å²) in [5, 5.41) is 0. The highest BCUT2D eigenvalue weighted by Gasteiger charge is 2.48. The van der Waals surface area contributed by atoms with E-state index in [-0.39, 0.29) is 45.4 Å². The summed E-state index contributed by atoms with van der Waals surface area (Å²) in [6.07, 6.45) is 4.14. The number of carbonyl (C=O) groups is 2. The van der Waals surface area contributed by atoms with Gasteiger partial charge in [0.25, 0.3) is 0 Å². The van der Waals surface area contributed by atoms with E-state index in [1.165, 1.54) is 12.1 Å². The molecule has 2 aromatic carbocycles. The minimum Gasteiger partial charge on any atom is -0.490 e. The zero-order valence-electron chi connectivity index (χ0n) is 26.0. The Bertz CT molecular complexity index is 1610. The van der Waals surface area contributed by atoms with Crippen LogP contribution in [0.2, 0.25) is 0 Å². The highest BCUT2D eigenvalue weighted by Crippen LogP contribution is 2.55. The van der Waals surface area contributed by atoms with Crippen molar-refractivity contribution in [2.24, 2.45) is 10.8 Å². The molecule has 0 atom stereocenters. The molecule has 0 aromatic heterocycles. The first kappa shape index (κ1) is 30.8. The standard InChI is InChI=1S/C35H41NO6S/c1-8-13-22-16-23(17-29(41-9-2)33(22)42-43(39,40)24-14-11-10-12-15-24)30-31-25(18-34(3,4)20-27(31)37)36(7)26-19-35(5,6)21-28(38)32(26)30/h8,10-12,14-17,30H,1,9,13,18-21H2,2-7H3. The van der Waals surface area contributed by atoms with Crippen LogP contribution in [0.1, 0.15) is 77.3 Å². The van der Waals surface area contributed by atoms with E-state index in [0.717, 1.165) is 11.4 Å². The first-order valence-electron chi connectivity index (χ1n) is 14.8. The third-order valence-electron chi connectivity index (χ3n) is 8.56. The molecule has 7 nitrogen and oxygen atoms in total. The Morgan fingerprint density at radius 3 is 2.00 bits per heavy atom. The monoisotopic (exact) mass is 603 g/mol. The third kappa shape index (κ3) is 5.81. The van der Waals surface area contributed by atoms with Crippen LogP contribution in [0.5, 0.6) is 11.5 Å². The summed E-state index contributed by atoms with van der Waals surface area (Å²) in [5.41, 5.74) is 4.02. The Kier molecular flexibility index (Phi) is 7.97. The van der Waals surface area contributed by atoms with E-state index in [0.29, 0.717) is 54.4 Å². The van der Waals surface area contributed by atoms with Crippen LogP contribution in [0.15, 0.2) is 82.6 Å². The van der Waals surface area contributed by atoms with E-state index in [4.69, 9.17) is 8.92 Å². The number of hydrogen-bond acceptors (Lipinski definition) is 7. The summed E-state index contributed by atoms with van der Waals surface area (Å²) in [5.74, 6) is -0.203. The van der Waals surface area contributed by atoms with Gasteiger partial charge >= 0.3 is 10.1 Å². The molecule has 5 rings (SSSR count). The van der Waals surface area contributed by atoms with Crippen LogP contribution in [0.25, 0.3) is 0 Å². The second kappa shape index (κ2) is 11.1. The highest BCUT2D eigenvalue weighted by molar-refractivity contribution is 7.87. The van der Waals surface area contributed by atoms with Gasteiger partial charge in [-0.1, -0.05) is 58.0 Å². The van der Waals surface area contributed by atoms with E-state index in [2.05, 4.69) is 39.2 Å². The van der Waals surface area contributed by atoms with Gasteiger partial charge in [-0.2, -0.15) is 8.42 Å². The van der Waals surface area contributed by atoms with E-state index in [1.807, 2.05) is 20.0 Å². The van der Waals surface area contributed by atoms with Gasteiger partial charge in [-0.3, -0.25) is 9.59 Å². The number of carbonyl (C=O) groups excluding carboxylic acids is 2. The first-order chi connectivity index (χ1) is 20.2. The van der Waals surface area contributed by atoms with Gasteiger partial charge in [-0.05, 0) is 60.8 Å². The molecule has 43 heavy (non-hydrogen) atoms. The number of Topliss-reactive ketones (excluding diaryl/α,β-unsaturated/α-hetero) is 2. The lowest BCUT2D eigenvalue weighted by Gasteiger charge is -2.48. The molecule has 8 heteroatoms. The van der Waals surface area contributed by atoms with Crippen molar-refractivity contribution in [3.8, 4) is 11.5 Å². The van der Waals surface area contributed by atoms with Crippen LogP contribution in [0.3, 0.4) is 0 Å². The molecule has 0 bridgehead atoms. The fourth-order valence-electron chi connectivity index (χ4n) is 6.76. The Morgan fingerprint density at radius 1 is 0.930 bits per heavy atom. The maximum absolute atomic E-state index is 13.9. The van der Waals surface area contributed by atoms with Crippen molar-refractivity contribution in [3.05, 3.63) is 88.8 Å². The lowest BCUT2D eigenvalue weighted by molar-refractivity contribution is -0.119. The zero-order valence-corrected chi connectivity index (χ0v) is 26.8. The van der Waals surface area contributed by atoms with Crippen molar-refractivity contribution in [2.75, 3.05) is 13.7 Å². The summed E-state index contributed by atoms with van der Waals surface area (Å²) in [7, 11) is -2.19. The number of hydrogen-bond donors (Lipinski definition) is 0. The van der Waals surface area contributed by atoms with Crippen molar-refractivity contribution in [3.63, 3.8) is 0 Å². The minimum absolute atomic E-state index is 0.0248. The molecule has 2 aliphatic carbocycles. The molecule has 228 valence electrons. The zero-order chi connectivity index (χ0) is 31.3. The Balaban J connectivity index is 1.74. The third-order valence-corrected chi connectivity index (χ3v) is 9.79. The molecule has 0 fully saturated rings. The van der Waals surface area contributed by atoms with Gasteiger partial charge in [-0.25, -0.2) is 0 Å². The molecule has 0 N–H and O–H groups in total. The number of benzene rings is 2. The smallest absolute Gasteiger partial charge is 0.339 e. The maximum Gasteiger partial charge on any atom is 0.339 e. The van der Waals surface area contributed by atoms with Gasteiger partial charge in [0.05, 0.1) is 6.61 Å². The van der Waals surface area contributed by atoms with Crippen LogP contribution >= 0.6 is 0 Å². The van der Waals surface area contributed by atoms with Gasteiger partial charge < -0.3 is 13.8 Å². The number of rotatable bonds is 8. The van der Waals surface area contributed by atoms with E-state index in [9.17, 15) is 18.0 Å². The molecule has 1 heterocycles. The SMILES string of the molecule is C=CCc1cc(C2C3=C(CC(C)(C)CC3=O)N(C)C3=C2C(=O)CC(C)(C)C3)cc(OCC)c1OS(=O)(=O)c1ccccc1. The molecule has 0 spiro atoms. The topological polar surface area (TPSA) is 90.0 Å². The molecule has 0 unspecified atom stereocenters. The lowest BCUT2D eigenvalue weighted by Crippen LogP contribution is -2.43. The van der Waals surface area contributed by atoms with Gasteiger partial charge in [0.2, 0.25) is 0 Å². The second-order valence-electron chi connectivity index (χ2n) is 13.4. The molecule has 0 amide bonds. The van der Waals surface area contributed by atoms with E-state index < -0.39 is 16.0 Å². The second-order valence-corrected chi connectivity index (χ2v) is 14.9. The maximum atomic E-state index is 13.9. The van der Waals surface area contributed by atoms with Gasteiger partial charge in [0, 0.05) is 53.9 Å². The molecule has 0 radical (unpaired) electrons. The molecule has 0 saturated carbocycles. The summed E-state index contributed by atoms with van der Waals surface area (Å²) in [6.45, 7) is 14.4. The molecular formula is C35H41NO6S. The molecule has 1 aliphatic heterocycles. The molecular weight excluding hydrogens is 562 g/mol. The largest absolute Gasteiger partial charge is 0.490 e. The minimum atomic E-state index is -4.17. The van der Waals surface area contributed by atoms with E-state index in [1.54, 1.807) is 30.3 Å². The normalized spacial score (nSPS) is 20.1. The van der Waals surface area contributed by atoms with Crippen LogP contribution in [0.4, 0.5) is 0 Å². The fraction of sp³-hybridized carbons (Fsp3) is 0.429. The van der Waals surface area contributed by atoms with Gasteiger partial charge in [0.15, 0.2) is 23.1 Å². The quantitative estimate of drug-likeness (QED) is 0.240. The van der Waals surface area contributed by atoms with Crippen LogP contribution in [-0.4, -0.2) is 38.5 Å². The molecule has 2 aromatic rings. The number of ketones is 2. The van der Waals surface area contributed by atoms with E-state index >= 15 is 0 Å². The van der Waals surface area contributed by atoms with Crippen molar-refractivity contribution >= 4 is 21.7 Å². The van der Waals surface area contributed by atoms with Gasteiger partial charge in [-0.15, -0.1) is 6.58 Å². The summed E-state index contributed by atoms with van der Waals surface area (Å²) < 4.78 is 38.4. The highest BCUT2D eigenvalue weighted by atomic mass is 32.2. The average molecular weight is 604 g/mol. The Labute approximate surface area is 255 Å².